The van der Waals surface area contributed by atoms with E-state index in [4.69, 9.17) is 4.74 Å². The number of nitrogens with zero attached hydrogens (tertiary/aromatic N) is 2. The standard InChI is InChI=1S/C14H12N2O5/c1-10-8-13(6-7-14(10)16(19)20)21-9-11-2-4-12(5-3-11)15(17)18/h2-8H,9H2,1H3. The van der Waals surface area contributed by atoms with Crippen LogP contribution in [0.15, 0.2) is 42.5 Å². The molecule has 0 N–H and O–H groups in total. The lowest BCUT2D eigenvalue weighted by atomic mass is 10.2. The first-order chi connectivity index (χ1) is 9.97. The molecule has 21 heavy (non-hydrogen) atoms. The highest BCUT2D eigenvalue weighted by Crippen LogP contribution is 2.23. The van der Waals surface area contributed by atoms with Crippen molar-refractivity contribution in [3.63, 3.8) is 0 Å². The van der Waals surface area contributed by atoms with E-state index in [2.05, 4.69) is 0 Å². The van der Waals surface area contributed by atoms with Gasteiger partial charge in [0.1, 0.15) is 12.4 Å². The second-order valence-electron chi connectivity index (χ2n) is 4.42. The summed E-state index contributed by atoms with van der Waals surface area (Å²) in [6.45, 7) is 1.87. The minimum absolute atomic E-state index is 0.0185. The molecule has 0 heterocycles. The van der Waals surface area contributed by atoms with Crippen molar-refractivity contribution in [2.75, 3.05) is 0 Å². The fourth-order valence-corrected chi connectivity index (χ4v) is 1.80. The molecule has 0 aliphatic carbocycles. The van der Waals surface area contributed by atoms with Crippen LogP contribution < -0.4 is 4.74 Å². The Kier molecular flexibility index (Phi) is 4.13. The summed E-state index contributed by atoms with van der Waals surface area (Å²) in [5.41, 5.74) is 1.35. The van der Waals surface area contributed by atoms with E-state index in [9.17, 15) is 20.2 Å². The number of benzene rings is 2. The first-order valence-electron chi connectivity index (χ1n) is 6.08. The molecule has 108 valence electrons. The van der Waals surface area contributed by atoms with Crippen LogP contribution in [0.2, 0.25) is 0 Å². The van der Waals surface area contributed by atoms with E-state index in [1.165, 1.54) is 24.3 Å². The number of nitro benzene ring substituents is 2. The molecule has 0 aromatic heterocycles. The molecule has 0 saturated carbocycles. The maximum atomic E-state index is 10.7. The lowest BCUT2D eigenvalue weighted by Gasteiger charge is -2.07. The third-order valence-electron chi connectivity index (χ3n) is 2.92. The number of aryl methyl sites for hydroxylation is 1. The topological polar surface area (TPSA) is 95.5 Å². The van der Waals surface area contributed by atoms with Crippen molar-refractivity contribution in [2.24, 2.45) is 0 Å². The molecule has 2 rings (SSSR count). The predicted octanol–water partition coefficient (Wildman–Crippen LogP) is 3.39. The molecule has 7 nitrogen and oxygen atoms in total. The molecule has 0 aliphatic rings. The summed E-state index contributed by atoms with van der Waals surface area (Å²) in [5.74, 6) is 0.511. The van der Waals surface area contributed by atoms with Crippen molar-refractivity contribution >= 4 is 11.4 Å². The largest absolute Gasteiger partial charge is 0.489 e. The number of non-ortho nitro benzene ring substituents is 1. The molecular formula is C14H12N2O5. The highest BCUT2D eigenvalue weighted by molar-refractivity contribution is 5.44. The summed E-state index contributed by atoms with van der Waals surface area (Å²) in [6.07, 6.45) is 0. The minimum atomic E-state index is -0.468. The monoisotopic (exact) mass is 288 g/mol. The summed E-state index contributed by atoms with van der Waals surface area (Å²) in [7, 11) is 0. The second-order valence-corrected chi connectivity index (χ2v) is 4.42. The van der Waals surface area contributed by atoms with E-state index < -0.39 is 9.85 Å². The second kappa shape index (κ2) is 6.00. The average molecular weight is 288 g/mol. The van der Waals surface area contributed by atoms with Gasteiger partial charge in [0, 0.05) is 23.8 Å². The van der Waals surface area contributed by atoms with E-state index in [1.54, 1.807) is 25.1 Å². The van der Waals surface area contributed by atoms with Crippen molar-refractivity contribution < 1.29 is 14.6 Å². The van der Waals surface area contributed by atoms with Gasteiger partial charge in [-0.3, -0.25) is 20.2 Å². The highest BCUT2D eigenvalue weighted by atomic mass is 16.6. The Morgan fingerprint density at radius 1 is 1.00 bits per heavy atom. The number of rotatable bonds is 5. The molecule has 0 unspecified atom stereocenters. The van der Waals surface area contributed by atoms with Gasteiger partial charge >= 0.3 is 0 Å². The normalized spacial score (nSPS) is 10.1. The number of ether oxygens (including phenoxy) is 1. The van der Waals surface area contributed by atoms with Crippen LogP contribution in [0.1, 0.15) is 11.1 Å². The summed E-state index contributed by atoms with van der Waals surface area (Å²) in [4.78, 5) is 20.3. The van der Waals surface area contributed by atoms with Crippen molar-refractivity contribution in [3.8, 4) is 5.75 Å². The quantitative estimate of drug-likeness (QED) is 0.620. The van der Waals surface area contributed by atoms with Crippen molar-refractivity contribution in [1.82, 2.24) is 0 Å². The Bertz CT molecular complexity index is 682. The SMILES string of the molecule is Cc1cc(OCc2ccc([N+](=O)[O-])cc2)ccc1[N+](=O)[O-]. The van der Waals surface area contributed by atoms with Crippen LogP contribution in [-0.2, 0) is 6.61 Å². The van der Waals surface area contributed by atoms with Gasteiger partial charge in [-0.05, 0) is 36.8 Å². The highest BCUT2D eigenvalue weighted by Gasteiger charge is 2.11. The van der Waals surface area contributed by atoms with Gasteiger partial charge in [0.25, 0.3) is 11.4 Å². The lowest BCUT2D eigenvalue weighted by Crippen LogP contribution is -1.97. The molecule has 7 heteroatoms. The van der Waals surface area contributed by atoms with Gasteiger partial charge in [0.05, 0.1) is 9.85 Å². The molecule has 0 fully saturated rings. The summed E-state index contributed by atoms with van der Waals surface area (Å²) < 4.78 is 5.52. The summed E-state index contributed by atoms with van der Waals surface area (Å²) in [5, 5.41) is 21.2. The molecule has 0 atom stereocenters. The first kappa shape index (κ1) is 14.4. The Balaban J connectivity index is 2.04. The van der Waals surface area contributed by atoms with Gasteiger partial charge in [0.15, 0.2) is 0 Å². The fraction of sp³-hybridized carbons (Fsp3) is 0.143. The third kappa shape index (κ3) is 3.53. The van der Waals surface area contributed by atoms with E-state index in [1.807, 2.05) is 0 Å². The summed E-state index contributed by atoms with van der Waals surface area (Å²) in [6, 6.07) is 10.5. The van der Waals surface area contributed by atoms with E-state index in [0.29, 0.717) is 11.3 Å². The molecular weight excluding hydrogens is 276 g/mol. The maximum absolute atomic E-state index is 10.7. The van der Waals surface area contributed by atoms with Crippen molar-refractivity contribution in [3.05, 3.63) is 73.8 Å². The molecule has 0 amide bonds. The number of nitro groups is 2. The van der Waals surface area contributed by atoms with Gasteiger partial charge in [-0.1, -0.05) is 0 Å². The lowest BCUT2D eigenvalue weighted by molar-refractivity contribution is -0.385. The predicted molar refractivity (Wildman–Crippen MR) is 75.3 cm³/mol. The van der Waals surface area contributed by atoms with E-state index >= 15 is 0 Å². The third-order valence-corrected chi connectivity index (χ3v) is 2.92. The molecule has 0 radical (unpaired) electrons. The van der Waals surface area contributed by atoms with Crippen LogP contribution in [0.5, 0.6) is 5.75 Å². The van der Waals surface area contributed by atoms with Gasteiger partial charge in [-0.2, -0.15) is 0 Å². The molecule has 0 bridgehead atoms. The summed E-state index contributed by atoms with van der Waals surface area (Å²) >= 11 is 0. The van der Waals surface area contributed by atoms with Gasteiger partial charge < -0.3 is 4.74 Å². The average Bonchev–Trinajstić information content (AvgIpc) is 2.45. The van der Waals surface area contributed by atoms with Crippen LogP contribution in [0, 0.1) is 27.2 Å². The fourth-order valence-electron chi connectivity index (χ4n) is 1.80. The molecule has 0 saturated heterocycles. The van der Waals surface area contributed by atoms with Crippen molar-refractivity contribution in [1.29, 1.82) is 0 Å². The first-order valence-corrected chi connectivity index (χ1v) is 6.08. The maximum Gasteiger partial charge on any atom is 0.272 e. The van der Waals surface area contributed by atoms with Gasteiger partial charge in [0.2, 0.25) is 0 Å². The van der Waals surface area contributed by atoms with E-state index in [0.717, 1.165) is 5.56 Å². The minimum Gasteiger partial charge on any atom is -0.489 e. The molecule has 2 aromatic carbocycles. The van der Waals surface area contributed by atoms with Crippen LogP contribution in [-0.4, -0.2) is 9.85 Å². The van der Waals surface area contributed by atoms with E-state index in [-0.39, 0.29) is 18.0 Å². The number of hydrogen-bond donors (Lipinski definition) is 0. The zero-order chi connectivity index (χ0) is 15.4. The molecule has 0 spiro atoms. The zero-order valence-electron chi connectivity index (χ0n) is 11.2. The van der Waals surface area contributed by atoms with Crippen molar-refractivity contribution in [2.45, 2.75) is 13.5 Å². The van der Waals surface area contributed by atoms with Crippen LogP contribution in [0.3, 0.4) is 0 Å². The smallest absolute Gasteiger partial charge is 0.272 e. The Labute approximate surface area is 120 Å². The Morgan fingerprint density at radius 3 is 2.19 bits per heavy atom. The van der Waals surface area contributed by atoms with Gasteiger partial charge in [-0.25, -0.2) is 0 Å². The molecule has 2 aromatic rings. The molecule has 0 aliphatic heterocycles. The number of hydrogen-bond acceptors (Lipinski definition) is 5. The zero-order valence-corrected chi connectivity index (χ0v) is 11.2. The Hall–Kier alpha value is -2.96. The van der Waals surface area contributed by atoms with Gasteiger partial charge in [-0.15, -0.1) is 0 Å². The Morgan fingerprint density at radius 2 is 1.67 bits per heavy atom. The van der Waals surface area contributed by atoms with Crippen LogP contribution >= 0.6 is 0 Å². The van der Waals surface area contributed by atoms with Crippen LogP contribution in [0.25, 0.3) is 0 Å². The van der Waals surface area contributed by atoms with Crippen LogP contribution in [0.4, 0.5) is 11.4 Å².